The third-order valence-electron chi connectivity index (χ3n) is 3.92. The monoisotopic (exact) mass is 330 g/mol. The van der Waals surface area contributed by atoms with Gasteiger partial charge in [0, 0.05) is 12.1 Å². The molecule has 0 aromatic heterocycles. The lowest BCUT2D eigenvalue weighted by Crippen LogP contribution is -2.39. The number of nitrogens with one attached hydrogen (secondary N) is 2. The first kappa shape index (κ1) is 22.7. The van der Waals surface area contributed by atoms with Gasteiger partial charge in [-0.25, -0.2) is 0 Å². The van der Waals surface area contributed by atoms with Gasteiger partial charge in [-0.15, -0.1) is 24.8 Å². The summed E-state index contributed by atoms with van der Waals surface area (Å²) in [6.45, 7) is 6.27. The smallest absolute Gasteiger partial charge is 0.0567 e. The number of rotatable bonds is 2. The van der Waals surface area contributed by atoms with Crippen LogP contribution < -0.4 is 10.6 Å². The van der Waals surface area contributed by atoms with Gasteiger partial charge in [0.2, 0.25) is 0 Å². The van der Waals surface area contributed by atoms with Gasteiger partial charge in [0.15, 0.2) is 0 Å². The summed E-state index contributed by atoms with van der Waals surface area (Å²) in [5, 5.41) is 25.0. The van der Waals surface area contributed by atoms with Crippen LogP contribution >= 0.6 is 24.8 Å². The summed E-state index contributed by atoms with van der Waals surface area (Å²) in [5.74, 6) is 0. The van der Waals surface area contributed by atoms with E-state index in [4.69, 9.17) is 0 Å². The van der Waals surface area contributed by atoms with Crippen LogP contribution in [0.2, 0.25) is 0 Å². The van der Waals surface area contributed by atoms with Gasteiger partial charge in [0.25, 0.3) is 0 Å². The summed E-state index contributed by atoms with van der Waals surface area (Å²) >= 11 is 0. The molecule has 4 atom stereocenters. The van der Waals surface area contributed by atoms with E-state index in [1.807, 2.05) is 0 Å². The van der Waals surface area contributed by atoms with Crippen LogP contribution in [0.3, 0.4) is 0 Å². The summed E-state index contributed by atoms with van der Waals surface area (Å²) in [4.78, 5) is 0. The molecular formula is C14H32Cl2N2O2. The summed E-state index contributed by atoms with van der Waals surface area (Å²) < 4.78 is 0. The fraction of sp³-hybridized carbons (Fsp3) is 1.00. The Hall–Kier alpha value is 0.420. The molecule has 2 fully saturated rings. The minimum Gasteiger partial charge on any atom is -0.393 e. The highest BCUT2D eigenvalue weighted by Crippen LogP contribution is 2.10. The van der Waals surface area contributed by atoms with Gasteiger partial charge in [-0.3, -0.25) is 0 Å². The number of aliphatic hydroxyl groups excluding tert-OH is 2. The number of halogens is 2. The molecule has 4 nitrogen and oxygen atoms in total. The molecule has 0 bridgehead atoms. The van der Waals surface area contributed by atoms with Gasteiger partial charge in [-0.05, 0) is 51.6 Å². The van der Waals surface area contributed by atoms with E-state index in [9.17, 15) is 10.2 Å². The molecule has 20 heavy (non-hydrogen) atoms. The second kappa shape index (κ2) is 13.1. The molecule has 0 saturated carbocycles. The molecular weight excluding hydrogens is 299 g/mol. The van der Waals surface area contributed by atoms with Crippen molar-refractivity contribution >= 4 is 24.8 Å². The third kappa shape index (κ3) is 9.37. The molecule has 2 saturated heterocycles. The summed E-state index contributed by atoms with van der Waals surface area (Å²) in [7, 11) is 0. The van der Waals surface area contributed by atoms with Gasteiger partial charge >= 0.3 is 0 Å². The lowest BCUT2D eigenvalue weighted by atomic mass is 10.0. The maximum absolute atomic E-state index is 9.17. The molecule has 0 amide bonds. The van der Waals surface area contributed by atoms with Crippen molar-refractivity contribution in [2.75, 3.05) is 13.1 Å². The summed E-state index contributed by atoms with van der Waals surface area (Å²) in [5.41, 5.74) is 0. The zero-order valence-electron chi connectivity index (χ0n) is 12.7. The lowest BCUT2D eigenvalue weighted by Gasteiger charge is -2.25. The van der Waals surface area contributed by atoms with E-state index in [1.54, 1.807) is 0 Å². The van der Waals surface area contributed by atoms with Gasteiger partial charge in [0.05, 0.1) is 12.2 Å². The summed E-state index contributed by atoms with van der Waals surface area (Å²) in [6.07, 6.45) is 5.92. The summed E-state index contributed by atoms with van der Waals surface area (Å²) in [6, 6.07) is 1.13. The molecule has 0 aliphatic carbocycles. The van der Waals surface area contributed by atoms with Crippen molar-refractivity contribution in [2.24, 2.45) is 0 Å². The maximum atomic E-state index is 9.17. The zero-order chi connectivity index (χ0) is 13.4. The first-order chi connectivity index (χ1) is 8.65. The first-order valence-electron chi connectivity index (χ1n) is 7.48. The Morgan fingerprint density at radius 3 is 1.35 bits per heavy atom. The second-order valence-corrected chi connectivity index (χ2v) is 5.47. The van der Waals surface area contributed by atoms with Crippen LogP contribution in [0.4, 0.5) is 0 Å². The molecule has 0 unspecified atom stereocenters. The molecule has 2 rings (SSSR count). The Bertz CT molecular complexity index is 201. The van der Waals surface area contributed by atoms with E-state index < -0.39 is 0 Å². The van der Waals surface area contributed by atoms with Crippen molar-refractivity contribution in [3.8, 4) is 0 Å². The van der Waals surface area contributed by atoms with Crippen LogP contribution in [0, 0.1) is 0 Å². The highest BCUT2D eigenvalue weighted by Gasteiger charge is 2.17. The van der Waals surface area contributed by atoms with Crippen LogP contribution in [-0.4, -0.2) is 47.6 Å². The highest BCUT2D eigenvalue weighted by atomic mass is 35.5. The van der Waals surface area contributed by atoms with Crippen molar-refractivity contribution in [3.63, 3.8) is 0 Å². The molecule has 0 radical (unpaired) electrons. The maximum Gasteiger partial charge on any atom is 0.0567 e. The molecule has 0 aromatic carbocycles. The fourth-order valence-electron chi connectivity index (χ4n) is 2.59. The Morgan fingerprint density at radius 2 is 1.15 bits per heavy atom. The van der Waals surface area contributed by atoms with Crippen molar-refractivity contribution in [1.82, 2.24) is 10.6 Å². The molecule has 4 N–H and O–H groups in total. The Labute approximate surface area is 135 Å². The largest absolute Gasteiger partial charge is 0.393 e. The van der Waals surface area contributed by atoms with Crippen LogP contribution in [0.25, 0.3) is 0 Å². The van der Waals surface area contributed by atoms with Crippen LogP contribution in [0.5, 0.6) is 0 Å². The molecule has 124 valence electrons. The number of hydrogen-bond acceptors (Lipinski definition) is 4. The van der Waals surface area contributed by atoms with Crippen molar-refractivity contribution < 1.29 is 10.2 Å². The predicted octanol–water partition coefficient (Wildman–Crippen LogP) is 1.86. The fourth-order valence-corrected chi connectivity index (χ4v) is 2.59. The van der Waals surface area contributed by atoms with E-state index in [0.29, 0.717) is 12.1 Å². The number of hydrogen-bond donors (Lipinski definition) is 4. The van der Waals surface area contributed by atoms with E-state index in [2.05, 4.69) is 24.5 Å². The van der Waals surface area contributed by atoms with Gasteiger partial charge in [0.1, 0.15) is 0 Å². The van der Waals surface area contributed by atoms with Crippen LogP contribution in [0.1, 0.15) is 52.4 Å². The molecule has 6 heteroatoms. The van der Waals surface area contributed by atoms with E-state index in [0.717, 1.165) is 51.6 Å². The van der Waals surface area contributed by atoms with E-state index in [-0.39, 0.29) is 37.0 Å². The van der Waals surface area contributed by atoms with Gasteiger partial charge in [-0.2, -0.15) is 0 Å². The minimum absolute atomic E-state index is 0. The first-order valence-corrected chi connectivity index (χ1v) is 7.48. The number of aliphatic hydroxyl groups is 2. The van der Waals surface area contributed by atoms with E-state index >= 15 is 0 Å². The molecule has 0 spiro atoms. The average molecular weight is 331 g/mol. The normalized spacial score (nSPS) is 33.0. The topological polar surface area (TPSA) is 64.5 Å². The lowest BCUT2D eigenvalue weighted by molar-refractivity contribution is 0.115. The Balaban J connectivity index is 0. The average Bonchev–Trinajstić information content (AvgIpc) is 2.39. The highest BCUT2D eigenvalue weighted by molar-refractivity contribution is 5.85. The van der Waals surface area contributed by atoms with Crippen LogP contribution in [-0.2, 0) is 0 Å². The quantitative estimate of drug-likeness (QED) is 0.624. The Kier molecular flexibility index (Phi) is 14.9. The van der Waals surface area contributed by atoms with E-state index in [1.165, 1.54) is 0 Å². The standard InChI is InChI=1S/2C7H15NO.2ClH/c2*1-2-6-5-7(9)3-4-8-6;;/h2*6-9H,2-5H2,1H3;2*1H/t2*6-,7-;;/m10../s1. The zero-order valence-corrected chi connectivity index (χ0v) is 14.3. The number of piperidine rings is 2. The third-order valence-corrected chi connectivity index (χ3v) is 3.92. The van der Waals surface area contributed by atoms with Crippen LogP contribution in [0.15, 0.2) is 0 Å². The second-order valence-electron chi connectivity index (χ2n) is 5.47. The Morgan fingerprint density at radius 1 is 0.800 bits per heavy atom. The van der Waals surface area contributed by atoms with Crippen molar-refractivity contribution in [2.45, 2.75) is 76.7 Å². The predicted molar refractivity (Wildman–Crippen MR) is 89.1 cm³/mol. The van der Waals surface area contributed by atoms with Gasteiger partial charge in [-0.1, -0.05) is 13.8 Å². The molecule has 2 aliphatic heterocycles. The van der Waals surface area contributed by atoms with Crippen molar-refractivity contribution in [3.05, 3.63) is 0 Å². The van der Waals surface area contributed by atoms with Gasteiger partial charge < -0.3 is 20.8 Å². The molecule has 2 aliphatic rings. The minimum atomic E-state index is -0.0452. The van der Waals surface area contributed by atoms with Crippen molar-refractivity contribution in [1.29, 1.82) is 0 Å². The molecule has 2 heterocycles. The SMILES string of the molecule is CC[C@@H]1C[C@H](O)CCN1.CC[C@H]1C[C@@H](O)CCN1.Cl.Cl. The molecule has 0 aromatic rings.